The van der Waals surface area contributed by atoms with Crippen LogP contribution in [0, 0.1) is 11.8 Å². The van der Waals surface area contributed by atoms with Crippen LogP contribution in [0.2, 0.25) is 0 Å². The Kier molecular flexibility index (Phi) is 3.77. The fourth-order valence-electron chi connectivity index (χ4n) is 4.64. The van der Waals surface area contributed by atoms with Crippen molar-refractivity contribution < 1.29 is 8.42 Å². The SMILES string of the molecule is O=S(=O)(c1ccc2c(c1)CCC2)N1CC[C@H]2CCCC[C@@H]2C1. The second kappa shape index (κ2) is 5.64. The average Bonchev–Trinajstić information content (AvgIpc) is 3.02. The van der Waals surface area contributed by atoms with Crippen molar-refractivity contribution in [2.24, 2.45) is 11.8 Å². The third-order valence-corrected chi connectivity index (χ3v) is 7.82. The van der Waals surface area contributed by atoms with Gasteiger partial charge in [-0.1, -0.05) is 25.3 Å². The number of hydrogen-bond donors (Lipinski definition) is 0. The normalized spacial score (nSPS) is 29.1. The van der Waals surface area contributed by atoms with E-state index >= 15 is 0 Å². The van der Waals surface area contributed by atoms with Crippen molar-refractivity contribution in [2.45, 2.75) is 56.3 Å². The third-order valence-electron chi connectivity index (χ3n) is 5.96. The van der Waals surface area contributed by atoms with E-state index in [1.165, 1.54) is 36.8 Å². The molecule has 3 aliphatic rings. The molecule has 22 heavy (non-hydrogen) atoms. The summed E-state index contributed by atoms with van der Waals surface area (Å²) in [6.45, 7) is 1.45. The second-order valence-electron chi connectivity index (χ2n) is 7.24. The van der Waals surface area contributed by atoms with Gasteiger partial charge in [-0.15, -0.1) is 0 Å². The second-order valence-corrected chi connectivity index (χ2v) is 9.18. The van der Waals surface area contributed by atoms with Crippen LogP contribution in [0.5, 0.6) is 0 Å². The van der Waals surface area contributed by atoms with Crippen LogP contribution in [0.25, 0.3) is 0 Å². The lowest BCUT2D eigenvalue weighted by atomic mass is 9.76. The van der Waals surface area contributed by atoms with Crippen molar-refractivity contribution in [1.29, 1.82) is 0 Å². The molecule has 1 saturated carbocycles. The standard InChI is InChI=1S/C18H25NO2S/c20-22(21,18-9-8-14-6-3-7-16(14)12-18)19-11-10-15-4-1-2-5-17(15)13-19/h8-9,12,15,17H,1-7,10-11,13H2/t15-,17-/m1/s1. The van der Waals surface area contributed by atoms with Crippen LogP contribution in [-0.4, -0.2) is 25.8 Å². The largest absolute Gasteiger partial charge is 0.243 e. The number of rotatable bonds is 2. The molecule has 3 nitrogen and oxygen atoms in total. The highest BCUT2D eigenvalue weighted by molar-refractivity contribution is 7.89. The number of hydrogen-bond acceptors (Lipinski definition) is 2. The van der Waals surface area contributed by atoms with Crippen LogP contribution in [0.3, 0.4) is 0 Å². The van der Waals surface area contributed by atoms with Crippen LogP contribution in [0.4, 0.5) is 0 Å². The summed E-state index contributed by atoms with van der Waals surface area (Å²) < 4.78 is 27.7. The topological polar surface area (TPSA) is 37.4 Å². The summed E-state index contributed by atoms with van der Waals surface area (Å²) in [4.78, 5) is 0.516. The highest BCUT2D eigenvalue weighted by Crippen LogP contribution is 2.38. The molecule has 1 saturated heterocycles. The van der Waals surface area contributed by atoms with Crippen molar-refractivity contribution in [3.63, 3.8) is 0 Å². The van der Waals surface area contributed by atoms with Crippen molar-refractivity contribution in [1.82, 2.24) is 4.31 Å². The molecular formula is C18H25NO2S. The molecule has 1 aliphatic heterocycles. The monoisotopic (exact) mass is 319 g/mol. The Hall–Kier alpha value is -0.870. The van der Waals surface area contributed by atoms with Crippen LogP contribution < -0.4 is 0 Å². The van der Waals surface area contributed by atoms with Crippen molar-refractivity contribution >= 4 is 10.0 Å². The Balaban J connectivity index is 1.58. The minimum Gasteiger partial charge on any atom is -0.207 e. The van der Waals surface area contributed by atoms with E-state index in [-0.39, 0.29) is 0 Å². The Labute approximate surface area is 133 Å². The number of benzene rings is 1. The maximum Gasteiger partial charge on any atom is 0.243 e. The molecule has 2 atom stereocenters. The minimum atomic E-state index is -3.30. The van der Waals surface area contributed by atoms with E-state index in [9.17, 15) is 8.42 Å². The first kappa shape index (κ1) is 14.7. The summed E-state index contributed by atoms with van der Waals surface area (Å²) in [6.07, 6.45) is 9.46. The molecule has 4 rings (SSSR count). The van der Waals surface area contributed by atoms with Crippen molar-refractivity contribution in [3.8, 4) is 0 Å². The summed E-state index contributed by atoms with van der Waals surface area (Å²) in [7, 11) is -3.30. The van der Waals surface area contributed by atoms with Gasteiger partial charge in [0.05, 0.1) is 4.90 Å². The lowest BCUT2D eigenvalue weighted by Crippen LogP contribution is -2.44. The van der Waals surface area contributed by atoms with Gasteiger partial charge in [-0.05, 0) is 67.2 Å². The van der Waals surface area contributed by atoms with E-state index in [2.05, 4.69) is 0 Å². The Morgan fingerprint density at radius 3 is 2.55 bits per heavy atom. The Morgan fingerprint density at radius 2 is 1.68 bits per heavy atom. The van der Waals surface area contributed by atoms with Gasteiger partial charge in [-0.25, -0.2) is 8.42 Å². The van der Waals surface area contributed by atoms with E-state index in [0.29, 0.717) is 17.4 Å². The molecule has 0 radical (unpaired) electrons. The maximum absolute atomic E-state index is 13.0. The fourth-order valence-corrected chi connectivity index (χ4v) is 6.21. The van der Waals surface area contributed by atoms with E-state index < -0.39 is 10.0 Å². The molecule has 0 aromatic heterocycles. The van der Waals surface area contributed by atoms with Crippen LogP contribution in [0.1, 0.15) is 49.7 Å². The molecule has 1 heterocycles. The average molecular weight is 319 g/mol. The van der Waals surface area contributed by atoms with Gasteiger partial charge in [0.1, 0.15) is 0 Å². The third kappa shape index (κ3) is 2.50. The van der Waals surface area contributed by atoms with Gasteiger partial charge in [0.15, 0.2) is 0 Å². The zero-order valence-electron chi connectivity index (χ0n) is 13.1. The molecule has 2 aliphatic carbocycles. The molecule has 0 bridgehead atoms. The Bertz CT molecular complexity index is 668. The first-order valence-electron chi connectivity index (χ1n) is 8.76. The Morgan fingerprint density at radius 1 is 0.909 bits per heavy atom. The van der Waals surface area contributed by atoms with Crippen LogP contribution in [0.15, 0.2) is 23.1 Å². The lowest BCUT2D eigenvalue weighted by molar-refractivity contribution is 0.136. The molecule has 0 N–H and O–H groups in total. The van der Waals surface area contributed by atoms with Gasteiger partial charge in [-0.3, -0.25) is 0 Å². The first-order chi connectivity index (χ1) is 10.6. The zero-order chi connectivity index (χ0) is 15.2. The summed E-state index contributed by atoms with van der Waals surface area (Å²) in [5.41, 5.74) is 2.58. The molecule has 2 fully saturated rings. The van der Waals surface area contributed by atoms with E-state index in [1.807, 2.05) is 18.2 Å². The highest BCUT2D eigenvalue weighted by Gasteiger charge is 2.36. The highest BCUT2D eigenvalue weighted by atomic mass is 32.2. The number of sulfonamides is 1. The van der Waals surface area contributed by atoms with Gasteiger partial charge in [0.2, 0.25) is 10.0 Å². The summed E-state index contributed by atoms with van der Waals surface area (Å²) >= 11 is 0. The van der Waals surface area contributed by atoms with Gasteiger partial charge in [0.25, 0.3) is 0 Å². The molecule has 4 heteroatoms. The maximum atomic E-state index is 13.0. The number of aryl methyl sites for hydroxylation is 2. The van der Waals surface area contributed by atoms with Gasteiger partial charge in [-0.2, -0.15) is 4.31 Å². The molecule has 0 unspecified atom stereocenters. The van der Waals surface area contributed by atoms with Gasteiger partial charge >= 0.3 is 0 Å². The van der Waals surface area contributed by atoms with E-state index in [1.54, 1.807) is 4.31 Å². The fraction of sp³-hybridized carbons (Fsp3) is 0.667. The molecule has 1 aromatic rings. The van der Waals surface area contributed by atoms with Crippen LogP contribution in [-0.2, 0) is 22.9 Å². The first-order valence-corrected chi connectivity index (χ1v) is 10.2. The molecule has 0 spiro atoms. The lowest BCUT2D eigenvalue weighted by Gasteiger charge is -2.40. The minimum absolute atomic E-state index is 0.516. The number of nitrogens with zero attached hydrogens (tertiary/aromatic N) is 1. The molecule has 120 valence electrons. The van der Waals surface area contributed by atoms with Crippen molar-refractivity contribution in [3.05, 3.63) is 29.3 Å². The molecule has 1 aromatic carbocycles. The summed E-state index contributed by atoms with van der Waals surface area (Å²) in [5, 5.41) is 0. The van der Waals surface area contributed by atoms with E-state index in [4.69, 9.17) is 0 Å². The summed E-state index contributed by atoms with van der Waals surface area (Å²) in [5.74, 6) is 1.35. The predicted molar refractivity (Wildman–Crippen MR) is 87.3 cm³/mol. The zero-order valence-corrected chi connectivity index (χ0v) is 13.9. The predicted octanol–water partition coefficient (Wildman–Crippen LogP) is 3.38. The quantitative estimate of drug-likeness (QED) is 0.838. The van der Waals surface area contributed by atoms with Crippen LogP contribution >= 0.6 is 0 Å². The van der Waals surface area contributed by atoms with Gasteiger partial charge in [0, 0.05) is 13.1 Å². The molecule has 0 amide bonds. The molecular weight excluding hydrogens is 294 g/mol. The van der Waals surface area contributed by atoms with E-state index in [0.717, 1.165) is 38.1 Å². The van der Waals surface area contributed by atoms with Gasteiger partial charge < -0.3 is 0 Å². The smallest absolute Gasteiger partial charge is 0.207 e. The number of piperidine rings is 1. The van der Waals surface area contributed by atoms with Crippen molar-refractivity contribution in [2.75, 3.05) is 13.1 Å². The number of fused-ring (bicyclic) bond motifs is 2. The summed E-state index contributed by atoms with van der Waals surface area (Å²) in [6, 6.07) is 5.79.